The molecule has 9 heteroatoms. The number of benzene rings is 2. The van der Waals surface area contributed by atoms with E-state index in [0.717, 1.165) is 22.3 Å². The maximum atomic E-state index is 12.4. The van der Waals surface area contributed by atoms with Gasteiger partial charge in [-0.15, -0.1) is 0 Å². The maximum absolute atomic E-state index is 12.4. The number of rotatable bonds is 9. The Morgan fingerprint density at radius 1 is 0.969 bits per heavy atom. The van der Waals surface area contributed by atoms with E-state index >= 15 is 0 Å². The van der Waals surface area contributed by atoms with Crippen LogP contribution >= 0.6 is 0 Å². The number of hydrogen-bond donors (Lipinski definition) is 3. The molecule has 3 N–H and O–H groups in total. The third-order valence-corrected chi connectivity index (χ3v) is 5.04. The van der Waals surface area contributed by atoms with Gasteiger partial charge in [0.2, 0.25) is 5.91 Å². The highest BCUT2D eigenvalue weighted by Gasteiger charge is 2.30. The summed E-state index contributed by atoms with van der Waals surface area (Å²) in [5.74, 6) is -2.96. The van der Waals surface area contributed by atoms with Gasteiger partial charge in [0.25, 0.3) is 0 Å². The second kappa shape index (κ2) is 10.4. The van der Waals surface area contributed by atoms with Gasteiger partial charge >= 0.3 is 18.0 Å². The Bertz CT molecular complexity index is 975. The first kappa shape index (κ1) is 22.8. The summed E-state index contributed by atoms with van der Waals surface area (Å²) in [4.78, 5) is 47.1. The Labute approximate surface area is 184 Å². The van der Waals surface area contributed by atoms with Crippen molar-refractivity contribution >= 4 is 23.9 Å². The normalized spacial score (nSPS) is 12.8. The molecule has 0 heterocycles. The minimum absolute atomic E-state index is 0.0180. The van der Waals surface area contributed by atoms with Gasteiger partial charge in [-0.05, 0) is 29.2 Å². The molecule has 1 aliphatic carbocycles. The summed E-state index contributed by atoms with van der Waals surface area (Å²) in [5.41, 5.74) is 4.19. The van der Waals surface area contributed by atoms with Crippen LogP contribution in [0.4, 0.5) is 4.79 Å². The molecule has 2 aromatic carbocycles. The summed E-state index contributed by atoms with van der Waals surface area (Å²) < 4.78 is 10.1. The highest BCUT2D eigenvalue weighted by Crippen LogP contribution is 2.44. The van der Waals surface area contributed by atoms with Crippen LogP contribution < -0.4 is 10.6 Å². The molecule has 2 amide bonds. The Balaban J connectivity index is 1.62. The number of carbonyl (C=O) groups is 4. The minimum atomic E-state index is -1.41. The molecule has 1 unspecified atom stereocenters. The van der Waals surface area contributed by atoms with Crippen molar-refractivity contribution in [1.29, 1.82) is 0 Å². The molecular weight excluding hydrogens is 416 g/mol. The number of alkyl carbamates (subject to hydrolysis) is 1. The summed E-state index contributed by atoms with van der Waals surface area (Å²) in [6.07, 6.45) is -1.59. The lowest BCUT2D eigenvalue weighted by molar-refractivity contribution is -0.143. The molecule has 0 saturated heterocycles. The molecule has 0 aliphatic heterocycles. The average Bonchev–Trinajstić information content (AvgIpc) is 3.09. The Hall–Kier alpha value is -3.88. The van der Waals surface area contributed by atoms with Gasteiger partial charge < -0.3 is 25.2 Å². The van der Waals surface area contributed by atoms with Crippen LogP contribution in [-0.2, 0) is 23.9 Å². The minimum Gasteiger partial charge on any atom is -0.481 e. The summed E-state index contributed by atoms with van der Waals surface area (Å²) in [7, 11) is 0. The molecule has 0 saturated carbocycles. The van der Waals surface area contributed by atoms with Crippen molar-refractivity contribution in [2.45, 2.75) is 25.3 Å². The third kappa shape index (κ3) is 5.42. The van der Waals surface area contributed by atoms with Gasteiger partial charge in [-0.1, -0.05) is 48.5 Å². The van der Waals surface area contributed by atoms with E-state index in [1.807, 2.05) is 48.5 Å². The Morgan fingerprint density at radius 2 is 1.56 bits per heavy atom. The number of aliphatic carboxylic acids is 1. The topological polar surface area (TPSA) is 131 Å². The van der Waals surface area contributed by atoms with Gasteiger partial charge in [-0.3, -0.25) is 14.4 Å². The van der Waals surface area contributed by atoms with E-state index in [1.165, 1.54) is 0 Å². The molecule has 1 atom stereocenters. The lowest BCUT2D eigenvalue weighted by atomic mass is 9.98. The quantitative estimate of drug-likeness (QED) is 0.509. The number of nitrogens with one attached hydrogen (secondary N) is 2. The fourth-order valence-electron chi connectivity index (χ4n) is 3.66. The van der Waals surface area contributed by atoms with E-state index < -0.39 is 42.9 Å². The zero-order chi connectivity index (χ0) is 23.1. The van der Waals surface area contributed by atoms with Gasteiger partial charge in [0.1, 0.15) is 19.2 Å². The molecule has 3 rings (SSSR count). The van der Waals surface area contributed by atoms with Crippen LogP contribution in [0.3, 0.4) is 0 Å². The smallest absolute Gasteiger partial charge is 0.407 e. The van der Waals surface area contributed by atoms with Gasteiger partial charge in [0, 0.05) is 5.92 Å². The average molecular weight is 440 g/mol. The van der Waals surface area contributed by atoms with E-state index in [-0.39, 0.29) is 19.1 Å². The van der Waals surface area contributed by atoms with E-state index in [4.69, 9.17) is 14.6 Å². The summed E-state index contributed by atoms with van der Waals surface area (Å²) in [5, 5.41) is 13.6. The highest BCUT2D eigenvalue weighted by atomic mass is 16.5. The summed E-state index contributed by atoms with van der Waals surface area (Å²) >= 11 is 0. The van der Waals surface area contributed by atoms with Crippen molar-refractivity contribution in [1.82, 2.24) is 10.6 Å². The van der Waals surface area contributed by atoms with Crippen LogP contribution in [-0.4, -0.2) is 54.8 Å². The molecule has 0 fully saturated rings. The first-order valence-corrected chi connectivity index (χ1v) is 10.2. The van der Waals surface area contributed by atoms with Gasteiger partial charge in [-0.2, -0.15) is 0 Å². The highest BCUT2D eigenvalue weighted by molar-refractivity contribution is 5.91. The monoisotopic (exact) mass is 440 g/mol. The van der Waals surface area contributed by atoms with E-state index in [9.17, 15) is 19.2 Å². The van der Waals surface area contributed by atoms with Crippen molar-refractivity contribution in [2.75, 3.05) is 19.8 Å². The Kier molecular flexibility index (Phi) is 7.43. The molecule has 32 heavy (non-hydrogen) atoms. The number of carboxylic acids is 1. The van der Waals surface area contributed by atoms with Crippen molar-refractivity contribution in [3.8, 4) is 11.1 Å². The molecule has 9 nitrogen and oxygen atoms in total. The first-order chi connectivity index (χ1) is 15.4. The van der Waals surface area contributed by atoms with Crippen molar-refractivity contribution in [2.24, 2.45) is 0 Å². The number of carboxylic acid groups (broad SMARTS) is 1. The standard InChI is InChI=1S/C23H24N2O7/c1-2-31-21(28)12-24-22(29)19(11-20(26)27)25-23(30)32-13-18-16-9-5-3-7-14(16)15-8-4-6-10-17(15)18/h3-10,18-19H,2,11-13H2,1H3,(H,24,29)(H,25,30)(H,26,27). The number of carbonyl (C=O) groups excluding carboxylic acids is 3. The van der Waals surface area contributed by atoms with Crippen LogP contribution in [0.15, 0.2) is 48.5 Å². The molecule has 0 spiro atoms. The lowest BCUT2D eigenvalue weighted by Gasteiger charge is -2.18. The lowest BCUT2D eigenvalue weighted by Crippen LogP contribution is -2.49. The zero-order valence-electron chi connectivity index (χ0n) is 17.5. The number of amides is 2. The molecule has 1 aliphatic rings. The molecule has 2 aromatic rings. The van der Waals surface area contributed by atoms with Crippen LogP contribution in [0.2, 0.25) is 0 Å². The number of hydrogen-bond acceptors (Lipinski definition) is 6. The van der Waals surface area contributed by atoms with Gasteiger partial charge in [0.15, 0.2) is 0 Å². The van der Waals surface area contributed by atoms with Gasteiger partial charge in [0.05, 0.1) is 13.0 Å². The fourth-order valence-corrected chi connectivity index (χ4v) is 3.66. The third-order valence-electron chi connectivity index (χ3n) is 5.04. The van der Waals surface area contributed by atoms with Crippen LogP contribution in [0, 0.1) is 0 Å². The summed E-state index contributed by atoms with van der Waals surface area (Å²) in [6.45, 7) is 1.34. The largest absolute Gasteiger partial charge is 0.481 e. The van der Waals surface area contributed by atoms with Crippen LogP contribution in [0.5, 0.6) is 0 Å². The number of ether oxygens (including phenoxy) is 2. The Morgan fingerprint density at radius 3 is 2.12 bits per heavy atom. The number of esters is 1. The van der Waals surface area contributed by atoms with Crippen molar-refractivity contribution in [3.05, 3.63) is 59.7 Å². The van der Waals surface area contributed by atoms with Crippen LogP contribution in [0.25, 0.3) is 11.1 Å². The molecule has 0 radical (unpaired) electrons. The van der Waals surface area contributed by atoms with Crippen molar-refractivity contribution in [3.63, 3.8) is 0 Å². The molecule has 168 valence electrons. The predicted octanol–water partition coefficient (Wildman–Crippen LogP) is 2.05. The second-order valence-electron chi connectivity index (χ2n) is 7.14. The zero-order valence-corrected chi connectivity index (χ0v) is 17.5. The van der Waals surface area contributed by atoms with Crippen molar-refractivity contribution < 1.29 is 33.8 Å². The molecular formula is C23H24N2O7. The van der Waals surface area contributed by atoms with Gasteiger partial charge in [-0.25, -0.2) is 4.79 Å². The fraction of sp³-hybridized carbons (Fsp3) is 0.304. The van der Waals surface area contributed by atoms with E-state index in [0.29, 0.717) is 0 Å². The van der Waals surface area contributed by atoms with E-state index in [2.05, 4.69) is 10.6 Å². The maximum Gasteiger partial charge on any atom is 0.407 e. The van der Waals surface area contributed by atoms with E-state index in [1.54, 1.807) is 6.92 Å². The first-order valence-electron chi connectivity index (χ1n) is 10.2. The van der Waals surface area contributed by atoms with Crippen LogP contribution in [0.1, 0.15) is 30.4 Å². The number of fused-ring (bicyclic) bond motifs is 3. The SMILES string of the molecule is CCOC(=O)CNC(=O)C(CC(=O)O)NC(=O)OCC1c2ccccc2-c2ccccc21. The second-order valence-corrected chi connectivity index (χ2v) is 7.14. The predicted molar refractivity (Wildman–Crippen MR) is 114 cm³/mol. The molecule has 0 aromatic heterocycles. The summed E-state index contributed by atoms with van der Waals surface area (Å²) in [6, 6.07) is 14.2. The molecule has 0 bridgehead atoms.